The van der Waals surface area contributed by atoms with Crippen molar-refractivity contribution in [2.75, 3.05) is 13.2 Å². The fourth-order valence-corrected chi connectivity index (χ4v) is 3.34. The summed E-state index contributed by atoms with van der Waals surface area (Å²) in [4.78, 5) is 15.0. The summed E-state index contributed by atoms with van der Waals surface area (Å²) < 4.78 is 7.18. The Morgan fingerprint density at radius 3 is 2.95 bits per heavy atom. The van der Waals surface area contributed by atoms with E-state index in [4.69, 9.17) is 27.9 Å². The van der Waals surface area contributed by atoms with Gasteiger partial charge in [0.05, 0.1) is 22.7 Å². The highest BCUT2D eigenvalue weighted by molar-refractivity contribution is 6.38. The maximum Gasteiger partial charge on any atom is 0.326 e. The number of ether oxygens (including phenoxy) is 1. The Labute approximate surface area is 120 Å². The Morgan fingerprint density at radius 1 is 1.42 bits per heavy atom. The molecular formula is C13H14Cl2N2O2. The van der Waals surface area contributed by atoms with Crippen molar-refractivity contribution in [3.05, 3.63) is 32.7 Å². The van der Waals surface area contributed by atoms with E-state index in [0.29, 0.717) is 28.8 Å². The van der Waals surface area contributed by atoms with Gasteiger partial charge in [-0.1, -0.05) is 30.1 Å². The number of aromatic nitrogens is 2. The summed E-state index contributed by atoms with van der Waals surface area (Å²) in [5.41, 5.74) is 1.27. The van der Waals surface area contributed by atoms with Gasteiger partial charge < -0.3 is 9.72 Å². The van der Waals surface area contributed by atoms with Crippen LogP contribution in [0.2, 0.25) is 10.0 Å². The van der Waals surface area contributed by atoms with Gasteiger partial charge in [-0.05, 0) is 18.6 Å². The number of nitrogens with zero attached hydrogens (tertiary/aromatic N) is 1. The van der Waals surface area contributed by atoms with Crippen LogP contribution in [0.1, 0.15) is 19.4 Å². The second-order valence-corrected chi connectivity index (χ2v) is 5.84. The van der Waals surface area contributed by atoms with E-state index in [2.05, 4.69) is 11.9 Å². The van der Waals surface area contributed by atoms with E-state index >= 15 is 0 Å². The van der Waals surface area contributed by atoms with Crippen molar-refractivity contribution in [2.24, 2.45) is 5.92 Å². The van der Waals surface area contributed by atoms with Crippen LogP contribution in [0.25, 0.3) is 11.0 Å². The Bertz CT molecular complexity index is 677. The summed E-state index contributed by atoms with van der Waals surface area (Å²) >= 11 is 12.2. The number of hydrogen-bond acceptors (Lipinski definition) is 2. The molecule has 1 fully saturated rings. The summed E-state index contributed by atoms with van der Waals surface area (Å²) in [7, 11) is 0. The first-order valence-corrected chi connectivity index (χ1v) is 7.00. The van der Waals surface area contributed by atoms with Gasteiger partial charge in [-0.25, -0.2) is 4.79 Å². The van der Waals surface area contributed by atoms with E-state index in [1.807, 2.05) is 0 Å². The third kappa shape index (κ3) is 2.18. The lowest BCUT2D eigenvalue weighted by Crippen LogP contribution is -2.33. The smallest absolute Gasteiger partial charge is 0.326 e. The molecule has 1 aromatic heterocycles. The molecule has 0 bridgehead atoms. The average Bonchev–Trinajstić information content (AvgIpc) is 2.66. The maximum absolute atomic E-state index is 12.2. The Kier molecular flexibility index (Phi) is 3.33. The first kappa shape index (κ1) is 13.0. The normalized spacial score (nSPS) is 23.9. The number of rotatable bonds is 1. The van der Waals surface area contributed by atoms with E-state index in [-0.39, 0.29) is 17.6 Å². The molecule has 1 saturated heterocycles. The molecule has 1 aliphatic rings. The van der Waals surface area contributed by atoms with Crippen molar-refractivity contribution in [3.63, 3.8) is 0 Å². The molecule has 1 unspecified atom stereocenters. The predicted octanol–water partition coefficient (Wildman–Crippen LogP) is 3.23. The van der Waals surface area contributed by atoms with Gasteiger partial charge in [0.15, 0.2) is 0 Å². The van der Waals surface area contributed by atoms with Gasteiger partial charge in [0, 0.05) is 23.6 Å². The third-order valence-corrected chi connectivity index (χ3v) is 4.16. The predicted molar refractivity (Wildman–Crippen MR) is 76.2 cm³/mol. The van der Waals surface area contributed by atoms with Gasteiger partial charge >= 0.3 is 5.69 Å². The first-order valence-electron chi connectivity index (χ1n) is 6.25. The Hall–Kier alpha value is -0.970. The van der Waals surface area contributed by atoms with Crippen LogP contribution < -0.4 is 5.69 Å². The number of aromatic amines is 1. The van der Waals surface area contributed by atoms with Crippen LogP contribution in [0.15, 0.2) is 16.9 Å². The van der Waals surface area contributed by atoms with Crippen molar-refractivity contribution in [3.8, 4) is 0 Å². The zero-order valence-corrected chi connectivity index (χ0v) is 12.0. The van der Waals surface area contributed by atoms with E-state index in [1.165, 1.54) is 0 Å². The van der Waals surface area contributed by atoms with Crippen molar-refractivity contribution < 1.29 is 4.74 Å². The van der Waals surface area contributed by atoms with Crippen molar-refractivity contribution in [2.45, 2.75) is 19.4 Å². The van der Waals surface area contributed by atoms with Gasteiger partial charge in [0.1, 0.15) is 0 Å². The number of benzene rings is 1. The molecule has 19 heavy (non-hydrogen) atoms. The third-order valence-electron chi connectivity index (χ3n) is 3.66. The summed E-state index contributed by atoms with van der Waals surface area (Å²) in [6.45, 7) is 3.41. The second kappa shape index (κ2) is 4.85. The minimum Gasteiger partial charge on any atom is -0.381 e. The number of hydrogen-bond donors (Lipinski definition) is 1. The van der Waals surface area contributed by atoms with Gasteiger partial charge in [-0.2, -0.15) is 0 Å². The average molecular weight is 301 g/mol. The highest BCUT2D eigenvalue weighted by atomic mass is 35.5. The molecule has 1 aliphatic heterocycles. The first-order chi connectivity index (χ1) is 9.08. The van der Waals surface area contributed by atoms with Crippen LogP contribution in [-0.4, -0.2) is 22.8 Å². The van der Waals surface area contributed by atoms with Crippen LogP contribution in [0.4, 0.5) is 0 Å². The van der Waals surface area contributed by atoms with E-state index in [0.717, 1.165) is 11.9 Å². The van der Waals surface area contributed by atoms with E-state index < -0.39 is 0 Å². The minimum atomic E-state index is -0.141. The van der Waals surface area contributed by atoms with E-state index in [1.54, 1.807) is 16.7 Å². The molecule has 2 aromatic rings. The van der Waals surface area contributed by atoms with Crippen LogP contribution in [-0.2, 0) is 4.74 Å². The zero-order valence-electron chi connectivity index (χ0n) is 10.5. The number of imidazole rings is 1. The molecule has 4 nitrogen and oxygen atoms in total. The van der Waals surface area contributed by atoms with Crippen molar-refractivity contribution in [1.82, 2.24) is 9.55 Å². The molecular weight excluding hydrogens is 287 g/mol. The monoisotopic (exact) mass is 300 g/mol. The maximum atomic E-state index is 12.2. The Morgan fingerprint density at radius 2 is 2.21 bits per heavy atom. The molecule has 1 aromatic carbocycles. The van der Waals surface area contributed by atoms with Gasteiger partial charge in [0.2, 0.25) is 0 Å². The fourth-order valence-electron chi connectivity index (χ4n) is 2.75. The molecule has 0 spiro atoms. The molecule has 102 valence electrons. The lowest BCUT2D eigenvalue weighted by atomic mass is 9.97. The largest absolute Gasteiger partial charge is 0.381 e. The summed E-state index contributed by atoms with van der Waals surface area (Å²) in [6, 6.07) is 3.50. The van der Waals surface area contributed by atoms with Crippen LogP contribution in [0, 0.1) is 5.92 Å². The standard InChI is InChI=1S/C13H14Cl2N2O2/c1-7-6-19-3-2-11(7)17-12-9(15)4-8(14)5-10(12)16-13(17)18/h4-5,7,11H,2-3,6H2,1H3,(H,16,18)/t7-,11?/m0/s1. The van der Waals surface area contributed by atoms with Crippen LogP contribution >= 0.6 is 23.2 Å². The fraction of sp³-hybridized carbons (Fsp3) is 0.462. The SMILES string of the molecule is C[C@H]1COCCC1n1c(=O)[nH]c2cc(Cl)cc(Cl)c21. The molecule has 0 amide bonds. The summed E-state index contributed by atoms with van der Waals surface area (Å²) in [5, 5.41) is 1.02. The molecule has 0 aliphatic carbocycles. The lowest BCUT2D eigenvalue weighted by Gasteiger charge is -2.29. The molecule has 0 saturated carbocycles. The van der Waals surface area contributed by atoms with E-state index in [9.17, 15) is 4.79 Å². The number of nitrogens with one attached hydrogen (secondary N) is 1. The van der Waals surface area contributed by atoms with Gasteiger partial charge in [-0.15, -0.1) is 0 Å². The van der Waals surface area contributed by atoms with Crippen LogP contribution in [0.3, 0.4) is 0 Å². The number of H-pyrrole nitrogens is 1. The van der Waals surface area contributed by atoms with Gasteiger partial charge in [0.25, 0.3) is 0 Å². The highest BCUT2D eigenvalue weighted by Gasteiger charge is 2.27. The summed E-state index contributed by atoms with van der Waals surface area (Å²) in [5.74, 6) is 0.275. The van der Waals surface area contributed by atoms with Crippen molar-refractivity contribution >= 4 is 34.2 Å². The second-order valence-electron chi connectivity index (χ2n) is 4.99. The Balaban J connectivity index is 2.23. The molecule has 6 heteroatoms. The van der Waals surface area contributed by atoms with Gasteiger partial charge in [-0.3, -0.25) is 4.57 Å². The molecule has 1 N–H and O–H groups in total. The molecule has 2 atom stereocenters. The molecule has 0 radical (unpaired) electrons. The molecule has 2 heterocycles. The lowest BCUT2D eigenvalue weighted by molar-refractivity contribution is 0.0289. The topological polar surface area (TPSA) is 47.0 Å². The zero-order chi connectivity index (χ0) is 13.6. The summed E-state index contributed by atoms with van der Waals surface area (Å²) in [6.07, 6.45) is 0.812. The number of halogens is 2. The van der Waals surface area contributed by atoms with Crippen molar-refractivity contribution in [1.29, 1.82) is 0 Å². The number of fused-ring (bicyclic) bond motifs is 1. The molecule has 3 rings (SSSR count). The minimum absolute atomic E-state index is 0.105. The highest BCUT2D eigenvalue weighted by Crippen LogP contribution is 2.32. The van der Waals surface area contributed by atoms with Crippen LogP contribution in [0.5, 0.6) is 0 Å². The quantitative estimate of drug-likeness (QED) is 0.879.